The lowest BCUT2D eigenvalue weighted by Gasteiger charge is -2.13. The van der Waals surface area contributed by atoms with Gasteiger partial charge in [0.2, 0.25) is 0 Å². The number of benzene rings is 1. The quantitative estimate of drug-likeness (QED) is 0.914. The van der Waals surface area contributed by atoms with Crippen LogP contribution in [0.2, 0.25) is 5.02 Å². The Morgan fingerprint density at radius 2 is 2.26 bits per heavy atom. The molecule has 19 heavy (non-hydrogen) atoms. The van der Waals surface area contributed by atoms with Gasteiger partial charge in [0.1, 0.15) is 12.4 Å². The maximum atomic E-state index is 6.19. The van der Waals surface area contributed by atoms with Crippen molar-refractivity contribution in [2.24, 2.45) is 5.73 Å². The van der Waals surface area contributed by atoms with E-state index in [1.807, 2.05) is 38.1 Å². The van der Waals surface area contributed by atoms with E-state index in [1.165, 1.54) is 0 Å². The summed E-state index contributed by atoms with van der Waals surface area (Å²) in [5.41, 5.74) is 7.59. The molecule has 102 valence electrons. The lowest BCUT2D eigenvalue weighted by Crippen LogP contribution is -2.18. The van der Waals surface area contributed by atoms with Crippen molar-refractivity contribution in [3.63, 3.8) is 0 Å². The van der Waals surface area contributed by atoms with Gasteiger partial charge in [0.15, 0.2) is 5.76 Å². The number of rotatable bonds is 5. The monoisotopic (exact) mass is 280 g/mol. The van der Waals surface area contributed by atoms with Crippen LogP contribution in [0.1, 0.15) is 23.9 Å². The molecule has 2 aromatic rings. The molecular weight excluding hydrogens is 264 g/mol. The number of nitrogens with zero attached hydrogens (tertiary/aromatic N) is 1. The van der Waals surface area contributed by atoms with Crippen molar-refractivity contribution in [2.45, 2.75) is 32.9 Å². The van der Waals surface area contributed by atoms with E-state index in [0.29, 0.717) is 23.8 Å². The molecule has 2 N–H and O–H groups in total. The van der Waals surface area contributed by atoms with Gasteiger partial charge in [-0.25, -0.2) is 0 Å². The van der Waals surface area contributed by atoms with Gasteiger partial charge in [0.25, 0.3) is 0 Å². The molecule has 1 unspecified atom stereocenters. The van der Waals surface area contributed by atoms with Crippen LogP contribution in [0, 0.1) is 6.92 Å². The van der Waals surface area contributed by atoms with Crippen LogP contribution in [0.15, 0.2) is 28.8 Å². The molecule has 0 amide bonds. The predicted molar refractivity (Wildman–Crippen MR) is 74.4 cm³/mol. The van der Waals surface area contributed by atoms with Crippen LogP contribution in [0.3, 0.4) is 0 Å². The maximum Gasteiger partial charge on any atom is 0.174 e. The first kappa shape index (κ1) is 13.9. The molecule has 5 heteroatoms. The maximum absolute atomic E-state index is 6.19. The number of nitrogens with two attached hydrogens (primary N) is 1. The summed E-state index contributed by atoms with van der Waals surface area (Å²) in [5.74, 6) is 1.42. The molecule has 0 aliphatic rings. The zero-order chi connectivity index (χ0) is 13.8. The molecule has 0 saturated carbocycles. The predicted octanol–water partition coefficient (Wildman–Crippen LogP) is 3.11. The first-order valence-corrected chi connectivity index (χ1v) is 6.52. The summed E-state index contributed by atoms with van der Waals surface area (Å²) in [6.07, 6.45) is 0.671. The highest BCUT2D eigenvalue weighted by atomic mass is 35.5. The van der Waals surface area contributed by atoms with E-state index in [9.17, 15) is 0 Å². The summed E-state index contributed by atoms with van der Waals surface area (Å²) in [6.45, 7) is 4.13. The molecule has 1 heterocycles. The smallest absolute Gasteiger partial charge is 0.174 e. The Balaban J connectivity index is 2.13. The van der Waals surface area contributed by atoms with Gasteiger partial charge in [0.05, 0.1) is 5.69 Å². The minimum absolute atomic E-state index is 0.0229. The van der Waals surface area contributed by atoms with Crippen molar-refractivity contribution < 1.29 is 9.26 Å². The summed E-state index contributed by atoms with van der Waals surface area (Å²) in [6, 6.07) is 7.44. The van der Waals surface area contributed by atoms with E-state index in [0.717, 1.165) is 17.0 Å². The third-order valence-electron chi connectivity index (χ3n) is 2.65. The van der Waals surface area contributed by atoms with Crippen LogP contribution in [0.4, 0.5) is 0 Å². The fourth-order valence-electron chi connectivity index (χ4n) is 1.83. The number of halogens is 1. The van der Waals surface area contributed by atoms with Crippen molar-refractivity contribution in [3.8, 4) is 5.75 Å². The van der Waals surface area contributed by atoms with Crippen molar-refractivity contribution >= 4 is 11.6 Å². The molecule has 0 spiro atoms. The fraction of sp³-hybridized carbons (Fsp3) is 0.357. The van der Waals surface area contributed by atoms with Crippen LogP contribution >= 0.6 is 11.6 Å². The zero-order valence-corrected chi connectivity index (χ0v) is 11.8. The minimum atomic E-state index is 0.0229. The normalized spacial score (nSPS) is 12.4. The van der Waals surface area contributed by atoms with Gasteiger partial charge in [-0.3, -0.25) is 0 Å². The largest absolute Gasteiger partial charge is 0.485 e. The van der Waals surface area contributed by atoms with E-state index in [2.05, 4.69) is 5.16 Å². The first-order valence-electron chi connectivity index (χ1n) is 6.14. The van der Waals surface area contributed by atoms with E-state index in [-0.39, 0.29) is 6.04 Å². The van der Waals surface area contributed by atoms with Crippen LogP contribution in [0.25, 0.3) is 0 Å². The van der Waals surface area contributed by atoms with Crippen LogP contribution in [-0.4, -0.2) is 11.2 Å². The highest BCUT2D eigenvalue weighted by molar-refractivity contribution is 6.31. The molecule has 1 aromatic heterocycles. The molecule has 1 aromatic carbocycles. The molecule has 0 aliphatic heterocycles. The summed E-state index contributed by atoms with van der Waals surface area (Å²) < 4.78 is 10.8. The Bertz CT molecular complexity index is 552. The number of aryl methyl sites for hydroxylation is 1. The van der Waals surface area contributed by atoms with Crippen molar-refractivity contribution in [3.05, 3.63) is 46.3 Å². The van der Waals surface area contributed by atoms with Crippen LogP contribution in [-0.2, 0) is 13.0 Å². The second-order valence-electron chi connectivity index (χ2n) is 4.62. The Kier molecular flexibility index (Phi) is 4.45. The summed E-state index contributed by atoms with van der Waals surface area (Å²) in [7, 11) is 0. The molecule has 0 fully saturated rings. The van der Waals surface area contributed by atoms with Crippen molar-refractivity contribution in [2.75, 3.05) is 0 Å². The third kappa shape index (κ3) is 3.72. The summed E-state index contributed by atoms with van der Waals surface area (Å²) in [4.78, 5) is 0. The second-order valence-corrected chi connectivity index (χ2v) is 5.03. The van der Waals surface area contributed by atoms with E-state index >= 15 is 0 Å². The van der Waals surface area contributed by atoms with Gasteiger partial charge in [-0.1, -0.05) is 22.8 Å². The molecular formula is C14H17ClN2O2. The fourth-order valence-corrected chi connectivity index (χ4v) is 2.07. The molecule has 0 aliphatic carbocycles. The van der Waals surface area contributed by atoms with Crippen molar-refractivity contribution in [1.82, 2.24) is 5.16 Å². The van der Waals surface area contributed by atoms with E-state index in [4.69, 9.17) is 26.6 Å². The van der Waals surface area contributed by atoms with Gasteiger partial charge < -0.3 is 15.0 Å². The minimum Gasteiger partial charge on any atom is -0.485 e. The number of aromatic nitrogens is 1. The van der Waals surface area contributed by atoms with Crippen LogP contribution < -0.4 is 10.5 Å². The molecule has 2 rings (SSSR count). The number of ether oxygens (including phenoxy) is 1. The van der Waals surface area contributed by atoms with E-state index < -0.39 is 0 Å². The van der Waals surface area contributed by atoms with Crippen LogP contribution in [0.5, 0.6) is 5.75 Å². The topological polar surface area (TPSA) is 61.3 Å². The van der Waals surface area contributed by atoms with Gasteiger partial charge in [0, 0.05) is 22.7 Å². The van der Waals surface area contributed by atoms with Gasteiger partial charge in [-0.05, 0) is 32.4 Å². The summed E-state index contributed by atoms with van der Waals surface area (Å²) in [5, 5.41) is 4.49. The Morgan fingerprint density at radius 3 is 2.89 bits per heavy atom. The molecule has 1 atom stereocenters. The van der Waals surface area contributed by atoms with Crippen molar-refractivity contribution in [1.29, 1.82) is 0 Å². The highest BCUT2D eigenvalue weighted by Gasteiger charge is 2.11. The molecule has 0 saturated heterocycles. The average molecular weight is 281 g/mol. The highest BCUT2D eigenvalue weighted by Crippen LogP contribution is 2.28. The number of hydrogen-bond acceptors (Lipinski definition) is 4. The zero-order valence-electron chi connectivity index (χ0n) is 11.0. The van der Waals surface area contributed by atoms with Gasteiger partial charge in [-0.15, -0.1) is 0 Å². The lowest BCUT2D eigenvalue weighted by atomic mass is 10.1. The molecule has 0 radical (unpaired) electrons. The standard InChI is InChI=1S/C14H17ClN2O2/c1-9(16)6-12-13(15)4-3-5-14(12)18-8-11-7-10(2)17-19-11/h3-5,7,9H,6,8,16H2,1-2H3. The molecule has 4 nitrogen and oxygen atoms in total. The number of hydrogen-bond donors (Lipinski definition) is 1. The van der Waals surface area contributed by atoms with Gasteiger partial charge >= 0.3 is 0 Å². The Hall–Kier alpha value is -1.52. The molecule has 0 bridgehead atoms. The van der Waals surface area contributed by atoms with E-state index in [1.54, 1.807) is 0 Å². The Morgan fingerprint density at radius 1 is 1.47 bits per heavy atom. The summed E-state index contributed by atoms with van der Waals surface area (Å²) >= 11 is 6.19. The van der Waals surface area contributed by atoms with Gasteiger partial charge in [-0.2, -0.15) is 0 Å². The second kappa shape index (κ2) is 6.08. The Labute approximate surface area is 117 Å². The average Bonchev–Trinajstić information content (AvgIpc) is 2.75. The first-order chi connectivity index (χ1) is 9.06. The lowest BCUT2D eigenvalue weighted by molar-refractivity contribution is 0.246. The third-order valence-corrected chi connectivity index (χ3v) is 3.00. The SMILES string of the molecule is Cc1cc(COc2cccc(Cl)c2CC(C)N)on1.